The van der Waals surface area contributed by atoms with E-state index in [-0.39, 0.29) is 31.7 Å². The van der Waals surface area contributed by atoms with Crippen LogP contribution in [0.25, 0.3) is 0 Å². The maximum atomic E-state index is 13.6. The number of carbonyl (C=O) groups excluding carboxylic acids is 6. The van der Waals surface area contributed by atoms with Crippen LogP contribution in [0.2, 0.25) is 0 Å². The number of hydrogen-bond donors (Lipinski definition) is 6. The van der Waals surface area contributed by atoms with Crippen LogP contribution >= 0.6 is 0 Å². The van der Waals surface area contributed by atoms with Crippen molar-refractivity contribution >= 4 is 41.6 Å². The molecule has 1 aliphatic rings. The minimum absolute atomic E-state index is 0.0658. The summed E-state index contributed by atoms with van der Waals surface area (Å²) >= 11 is 0. The zero-order valence-electron chi connectivity index (χ0n) is 31.6. The predicted octanol–water partition coefficient (Wildman–Crippen LogP) is 0.804. The van der Waals surface area contributed by atoms with Crippen molar-refractivity contribution in [2.75, 3.05) is 20.1 Å². The van der Waals surface area contributed by atoms with Crippen molar-refractivity contribution in [2.45, 2.75) is 117 Å². The number of nitrogens with zero attached hydrogens (tertiary/aromatic N) is 2. The summed E-state index contributed by atoms with van der Waals surface area (Å²) in [6.07, 6.45) is -1.61. The molecule has 0 unspecified atom stereocenters. The Morgan fingerprint density at radius 1 is 0.885 bits per heavy atom. The molecule has 16 nitrogen and oxygen atoms in total. The number of alkyl carbamates (subject to hydrolysis) is 1. The Morgan fingerprint density at radius 2 is 1.50 bits per heavy atom. The zero-order chi connectivity index (χ0) is 39.5. The van der Waals surface area contributed by atoms with Gasteiger partial charge in [-0.3, -0.25) is 24.0 Å². The summed E-state index contributed by atoms with van der Waals surface area (Å²) in [5, 5.41) is 29.9. The van der Waals surface area contributed by atoms with E-state index in [1.807, 2.05) is 19.9 Å². The molecule has 1 saturated heterocycles. The lowest BCUT2D eigenvalue weighted by Crippen LogP contribution is -2.59. The van der Waals surface area contributed by atoms with Gasteiger partial charge in [0.1, 0.15) is 35.8 Å². The first-order chi connectivity index (χ1) is 24.1. The maximum absolute atomic E-state index is 13.6. The molecule has 1 aromatic carbocycles. The number of aliphatic hydroxyl groups excluding tert-OH is 1. The van der Waals surface area contributed by atoms with Crippen molar-refractivity contribution in [3.63, 3.8) is 0 Å². The molecule has 52 heavy (non-hydrogen) atoms. The van der Waals surface area contributed by atoms with Crippen LogP contribution in [0.5, 0.6) is 0 Å². The molecule has 0 bridgehead atoms. The Kier molecular flexibility index (Phi) is 16.0. The van der Waals surface area contributed by atoms with E-state index in [0.717, 1.165) is 15.4 Å². The van der Waals surface area contributed by atoms with Gasteiger partial charge in [0, 0.05) is 26.4 Å². The van der Waals surface area contributed by atoms with Gasteiger partial charge in [0.2, 0.25) is 29.5 Å². The molecule has 6 atom stereocenters. The number of aliphatic hydroxyl groups is 1. The third-order valence-corrected chi connectivity index (χ3v) is 8.24. The van der Waals surface area contributed by atoms with E-state index < -0.39 is 96.0 Å². The van der Waals surface area contributed by atoms with Gasteiger partial charge in [0.05, 0.1) is 12.6 Å². The van der Waals surface area contributed by atoms with Gasteiger partial charge in [-0.05, 0) is 51.5 Å². The smallest absolute Gasteiger partial charge is 0.408 e. The third kappa shape index (κ3) is 13.8. The van der Waals surface area contributed by atoms with Gasteiger partial charge in [-0.2, -0.15) is 0 Å². The number of β-amino-alcohol motifs (C(OH)–C–C–N with tert-alkyl or cyclic N) is 1. The normalized spacial score (nSPS) is 18.1. The van der Waals surface area contributed by atoms with Gasteiger partial charge in [-0.25, -0.2) is 9.59 Å². The fraction of sp³-hybridized carbons (Fsp3) is 0.639. The van der Waals surface area contributed by atoms with Crippen molar-refractivity contribution in [3.05, 3.63) is 35.9 Å². The molecule has 0 saturated carbocycles. The van der Waals surface area contributed by atoms with E-state index >= 15 is 0 Å². The van der Waals surface area contributed by atoms with Crippen LogP contribution < -0.4 is 21.3 Å². The highest BCUT2D eigenvalue weighted by atomic mass is 16.6. The molecular weight excluding hydrogens is 676 g/mol. The lowest BCUT2D eigenvalue weighted by atomic mass is 9.99. The van der Waals surface area contributed by atoms with E-state index in [9.17, 15) is 43.8 Å². The molecular formula is C36H56N6O10. The topological polar surface area (TPSA) is 224 Å². The molecule has 1 aliphatic heterocycles. The number of carboxylic acid groups (broad SMARTS) is 1. The van der Waals surface area contributed by atoms with Crippen molar-refractivity contribution in [1.82, 2.24) is 31.1 Å². The molecule has 1 aromatic rings. The molecule has 2 rings (SSSR count). The third-order valence-electron chi connectivity index (χ3n) is 8.24. The molecule has 6 amide bonds. The summed E-state index contributed by atoms with van der Waals surface area (Å²) in [4.78, 5) is 93.1. The number of likely N-dealkylation sites (N-methyl/N-ethyl adjacent to an activating group) is 1. The minimum atomic E-state index is -1.26. The molecule has 0 spiro atoms. The second kappa shape index (κ2) is 19.2. The fourth-order valence-electron chi connectivity index (χ4n) is 5.62. The summed E-state index contributed by atoms with van der Waals surface area (Å²) < 4.78 is 5.33. The second-order valence-electron chi connectivity index (χ2n) is 15.0. The number of nitrogens with one attached hydrogen (secondary N) is 4. The molecule has 0 aliphatic carbocycles. The number of likely N-dealkylation sites (tertiary alicyclic amines) is 1. The standard InChI is InChI=1S/C36H56N6O10/c1-20(2)15-26(33(48)41(9)19-28(44)42-18-24(43)17-27(42)34(49)50)38-32(47)29(21(3)4)40-30(45)22(5)37-31(46)25(16-23-13-11-10-12-14-23)39-35(51)52-36(6,7)8/h10-14,20-22,24-27,29,43H,15-19H2,1-9H3,(H,37,46)(H,38,47)(H,39,51)(H,40,45)(H,49,50)/t22-,24+,25-,26-,27-,29-/m0/s1. The first kappa shape index (κ1) is 43.4. The largest absolute Gasteiger partial charge is 0.480 e. The summed E-state index contributed by atoms with van der Waals surface area (Å²) in [6, 6.07) is 3.33. The van der Waals surface area contributed by atoms with Crippen LogP contribution in [-0.2, 0) is 39.9 Å². The number of ether oxygens (including phenoxy) is 1. The zero-order valence-corrected chi connectivity index (χ0v) is 31.6. The highest BCUT2D eigenvalue weighted by Gasteiger charge is 2.40. The van der Waals surface area contributed by atoms with Gasteiger partial charge >= 0.3 is 12.1 Å². The Hall–Kier alpha value is -4.73. The Balaban J connectivity index is 2.13. The van der Waals surface area contributed by atoms with Gasteiger partial charge in [-0.15, -0.1) is 0 Å². The van der Waals surface area contributed by atoms with Crippen molar-refractivity contribution in [2.24, 2.45) is 11.8 Å². The number of hydrogen-bond acceptors (Lipinski definition) is 9. The molecule has 1 heterocycles. The highest BCUT2D eigenvalue weighted by Crippen LogP contribution is 2.19. The molecule has 0 aromatic heterocycles. The first-order valence-corrected chi connectivity index (χ1v) is 17.5. The average Bonchev–Trinajstić information content (AvgIpc) is 3.43. The first-order valence-electron chi connectivity index (χ1n) is 17.5. The number of benzene rings is 1. The van der Waals surface area contributed by atoms with Gasteiger partial charge in [0.25, 0.3) is 0 Å². The number of amides is 6. The van der Waals surface area contributed by atoms with Gasteiger partial charge < -0.3 is 46.0 Å². The number of rotatable bonds is 16. The molecule has 16 heteroatoms. The van der Waals surface area contributed by atoms with Crippen LogP contribution in [0.3, 0.4) is 0 Å². The average molecular weight is 733 g/mol. The van der Waals surface area contributed by atoms with Gasteiger partial charge in [-0.1, -0.05) is 58.0 Å². The number of aliphatic carboxylic acids is 1. The Bertz CT molecular complexity index is 1430. The van der Waals surface area contributed by atoms with E-state index in [0.29, 0.717) is 0 Å². The second-order valence-corrected chi connectivity index (χ2v) is 15.0. The van der Waals surface area contributed by atoms with E-state index in [2.05, 4.69) is 21.3 Å². The SMILES string of the molecule is CC(C)C[C@H](NC(=O)[C@@H](NC(=O)[C@H](C)NC(=O)[C@H](Cc1ccccc1)NC(=O)OC(C)(C)C)C(C)C)C(=O)N(C)CC(=O)N1C[C@H](O)C[C@H]1C(=O)O. The lowest BCUT2D eigenvalue weighted by Gasteiger charge is -2.30. The summed E-state index contributed by atoms with van der Waals surface area (Å²) in [5.74, 6) is -5.04. The summed E-state index contributed by atoms with van der Waals surface area (Å²) in [6.45, 7) is 12.9. The van der Waals surface area contributed by atoms with Gasteiger partial charge in [0.15, 0.2) is 0 Å². The quantitative estimate of drug-likeness (QED) is 0.140. The minimum Gasteiger partial charge on any atom is -0.480 e. The van der Waals surface area contributed by atoms with Crippen LogP contribution in [0.15, 0.2) is 30.3 Å². The Labute approximate surface area is 305 Å². The fourth-order valence-corrected chi connectivity index (χ4v) is 5.62. The lowest BCUT2D eigenvalue weighted by molar-refractivity contribution is -0.149. The molecule has 290 valence electrons. The van der Waals surface area contributed by atoms with E-state index in [4.69, 9.17) is 4.74 Å². The maximum Gasteiger partial charge on any atom is 0.408 e. The van der Waals surface area contributed by atoms with Crippen molar-refractivity contribution in [1.29, 1.82) is 0 Å². The van der Waals surface area contributed by atoms with Crippen LogP contribution in [0.1, 0.15) is 73.8 Å². The van der Waals surface area contributed by atoms with E-state index in [1.54, 1.807) is 58.9 Å². The van der Waals surface area contributed by atoms with Crippen LogP contribution in [0, 0.1) is 11.8 Å². The van der Waals surface area contributed by atoms with Crippen molar-refractivity contribution < 1.29 is 48.5 Å². The van der Waals surface area contributed by atoms with E-state index in [1.165, 1.54) is 14.0 Å². The van der Waals surface area contributed by atoms with Crippen LogP contribution in [0.4, 0.5) is 4.79 Å². The number of carbonyl (C=O) groups is 7. The summed E-state index contributed by atoms with van der Waals surface area (Å²) in [7, 11) is 1.36. The molecule has 1 fully saturated rings. The summed E-state index contributed by atoms with van der Waals surface area (Å²) in [5.41, 5.74) is -0.0561. The van der Waals surface area contributed by atoms with Crippen LogP contribution in [-0.4, -0.2) is 124 Å². The molecule has 0 radical (unpaired) electrons. The Morgan fingerprint density at radius 3 is 2.04 bits per heavy atom. The highest BCUT2D eigenvalue weighted by molar-refractivity contribution is 5.96. The monoisotopic (exact) mass is 732 g/mol. The molecule has 6 N–H and O–H groups in total. The van der Waals surface area contributed by atoms with Crippen molar-refractivity contribution in [3.8, 4) is 0 Å². The number of carboxylic acids is 1. The predicted molar refractivity (Wildman–Crippen MR) is 190 cm³/mol.